The van der Waals surface area contributed by atoms with Gasteiger partial charge < -0.3 is 19.5 Å². The van der Waals surface area contributed by atoms with Crippen LogP contribution in [0, 0.1) is 0 Å². The monoisotopic (exact) mass is 261 g/mol. The third kappa shape index (κ3) is 10.5. The van der Waals surface area contributed by atoms with Crippen LogP contribution < -0.4 is 5.32 Å². The molecule has 0 atom stereocenters. The molecule has 0 aliphatic carbocycles. The zero-order valence-corrected chi connectivity index (χ0v) is 11.9. The van der Waals surface area contributed by atoms with E-state index in [1.165, 1.54) is 0 Å². The van der Waals surface area contributed by atoms with E-state index in [9.17, 15) is 4.79 Å². The first-order valence-corrected chi connectivity index (χ1v) is 6.84. The summed E-state index contributed by atoms with van der Waals surface area (Å²) in [4.78, 5) is 11.1. The number of rotatable bonds is 12. The molecular formula is C13H27NO4. The largest absolute Gasteiger partial charge is 0.466 e. The summed E-state index contributed by atoms with van der Waals surface area (Å²) in [5, 5.41) is 3.26. The molecular weight excluding hydrogens is 234 g/mol. The third-order valence-electron chi connectivity index (χ3n) is 2.30. The van der Waals surface area contributed by atoms with Crippen molar-refractivity contribution in [1.29, 1.82) is 0 Å². The Morgan fingerprint density at radius 1 is 1.06 bits per heavy atom. The van der Waals surface area contributed by atoms with Crippen LogP contribution in [-0.4, -0.2) is 45.2 Å². The zero-order valence-electron chi connectivity index (χ0n) is 11.9. The van der Waals surface area contributed by atoms with Gasteiger partial charge in [0, 0.05) is 26.1 Å². The lowest BCUT2D eigenvalue weighted by Crippen LogP contribution is -2.25. The number of carbonyl (C=O) groups is 1. The maximum atomic E-state index is 11.1. The lowest BCUT2D eigenvalue weighted by molar-refractivity contribution is -0.143. The predicted octanol–water partition coefficient (Wildman–Crippen LogP) is 1.71. The molecule has 0 heterocycles. The van der Waals surface area contributed by atoms with E-state index in [1.54, 1.807) is 0 Å². The molecule has 0 aliphatic heterocycles. The van der Waals surface area contributed by atoms with E-state index < -0.39 is 0 Å². The summed E-state index contributed by atoms with van der Waals surface area (Å²) in [7, 11) is 0. The summed E-state index contributed by atoms with van der Waals surface area (Å²) in [6.45, 7) is 9.14. The molecule has 0 spiro atoms. The van der Waals surface area contributed by atoms with E-state index in [-0.39, 0.29) is 12.3 Å². The van der Waals surface area contributed by atoms with Crippen LogP contribution in [0.15, 0.2) is 0 Å². The second-order valence-electron chi connectivity index (χ2n) is 3.79. The Bertz CT molecular complexity index is 193. The molecule has 0 saturated heterocycles. The van der Waals surface area contributed by atoms with Gasteiger partial charge >= 0.3 is 5.97 Å². The molecule has 0 fully saturated rings. The van der Waals surface area contributed by atoms with Crippen molar-refractivity contribution in [2.24, 2.45) is 0 Å². The average molecular weight is 261 g/mol. The summed E-state index contributed by atoms with van der Waals surface area (Å²) >= 11 is 0. The Balaban J connectivity index is 3.39. The minimum Gasteiger partial charge on any atom is -0.466 e. The molecule has 0 bridgehead atoms. The van der Waals surface area contributed by atoms with Crippen molar-refractivity contribution in [3.05, 3.63) is 0 Å². The van der Waals surface area contributed by atoms with Crippen LogP contribution in [0.2, 0.25) is 0 Å². The minimum atomic E-state index is -0.127. The van der Waals surface area contributed by atoms with Gasteiger partial charge in [0.25, 0.3) is 0 Å². The Kier molecular flexibility index (Phi) is 12.3. The number of hydrogen-bond donors (Lipinski definition) is 1. The first-order valence-electron chi connectivity index (χ1n) is 6.84. The number of ether oxygens (including phenoxy) is 3. The fourth-order valence-corrected chi connectivity index (χ4v) is 1.52. The normalized spacial score (nSPS) is 10.9. The molecule has 18 heavy (non-hydrogen) atoms. The Morgan fingerprint density at radius 2 is 1.72 bits per heavy atom. The fraction of sp³-hybridized carbons (Fsp3) is 0.923. The third-order valence-corrected chi connectivity index (χ3v) is 2.30. The lowest BCUT2D eigenvalue weighted by Gasteiger charge is -2.16. The summed E-state index contributed by atoms with van der Waals surface area (Å²) in [6.07, 6.45) is 1.97. The molecule has 108 valence electrons. The smallest absolute Gasteiger partial charge is 0.305 e. The van der Waals surface area contributed by atoms with Crippen LogP contribution in [0.5, 0.6) is 0 Å². The lowest BCUT2D eigenvalue weighted by atomic mass is 10.3. The Hall–Kier alpha value is -0.650. The highest BCUT2D eigenvalue weighted by Crippen LogP contribution is 2.00. The van der Waals surface area contributed by atoms with Crippen LogP contribution in [0.4, 0.5) is 0 Å². The first kappa shape index (κ1) is 17.4. The van der Waals surface area contributed by atoms with Crippen LogP contribution in [-0.2, 0) is 19.0 Å². The van der Waals surface area contributed by atoms with E-state index in [0.717, 1.165) is 25.9 Å². The second-order valence-corrected chi connectivity index (χ2v) is 3.79. The standard InChI is InChI=1S/C13H27NO4/c1-4-16-12(15)8-7-10-14-11-9-13(17-5-2)18-6-3/h13-14H,4-11H2,1-3H3. The molecule has 0 aliphatic rings. The van der Waals surface area contributed by atoms with E-state index >= 15 is 0 Å². The van der Waals surface area contributed by atoms with Crippen molar-refractivity contribution in [2.75, 3.05) is 32.9 Å². The van der Waals surface area contributed by atoms with E-state index in [2.05, 4.69) is 5.32 Å². The molecule has 5 heteroatoms. The summed E-state index contributed by atoms with van der Waals surface area (Å²) < 4.78 is 15.7. The summed E-state index contributed by atoms with van der Waals surface area (Å²) in [5.74, 6) is -0.124. The topological polar surface area (TPSA) is 56.8 Å². The number of esters is 1. The van der Waals surface area contributed by atoms with Gasteiger partial charge in [-0.2, -0.15) is 0 Å². The molecule has 0 saturated carbocycles. The fourth-order valence-electron chi connectivity index (χ4n) is 1.52. The molecule has 1 N–H and O–H groups in total. The molecule has 0 radical (unpaired) electrons. The number of nitrogens with one attached hydrogen (secondary N) is 1. The van der Waals surface area contributed by atoms with Crippen LogP contribution in [0.25, 0.3) is 0 Å². The second kappa shape index (κ2) is 12.8. The van der Waals surface area contributed by atoms with Crippen LogP contribution in [0.1, 0.15) is 40.0 Å². The zero-order chi connectivity index (χ0) is 13.6. The summed E-state index contributed by atoms with van der Waals surface area (Å²) in [5.41, 5.74) is 0. The van der Waals surface area contributed by atoms with Crippen molar-refractivity contribution >= 4 is 5.97 Å². The van der Waals surface area contributed by atoms with Crippen LogP contribution in [0.3, 0.4) is 0 Å². The summed E-state index contributed by atoms with van der Waals surface area (Å²) in [6, 6.07) is 0. The minimum absolute atomic E-state index is 0.124. The Labute approximate surface area is 110 Å². The van der Waals surface area contributed by atoms with Gasteiger partial charge in [0.1, 0.15) is 0 Å². The predicted molar refractivity (Wildman–Crippen MR) is 70.4 cm³/mol. The van der Waals surface area contributed by atoms with Gasteiger partial charge in [-0.15, -0.1) is 0 Å². The Morgan fingerprint density at radius 3 is 2.28 bits per heavy atom. The molecule has 0 unspecified atom stereocenters. The highest BCUT2D eigenvalue weighted by Gasteiger charge is 2.06. The van der Waals surface area contributed by atoms with Crippen molar-refractivity contribution in [3.63, 3.8) is 0 Å². The van der Waals surface area contributed by atoms with E-state index in [1.807, 2.05) is 20.8 Å². The molecule has 0 amide bonds. The van der Waals surface area contributed by atoms with Gasteiger partial charge in [-0.25, -0.2) is 0 Å². The van der Waals surface area contributed by atoms with Crippen molar-refractivity contribution in [3.8, 4) is 0 Å². The average Bonchev–Trinajstić information content (AvgIpc) is 2.34. The number of hydrogen-bond acceptors (Lipinski definition) is 5. The SMILES string of the molecule is CCOC(=O)CCCNCCC(OCC)OCC. The molecule has 5 nitrogen and oxygen atoms in total. The van der Waals surface area contributed by atoms with Gasteiger partial charge in [0.2, 0.25) is 0 Å². The van der Waals surface area contributed by atoms with Crippen molar-refractivity contribution < 1.29 is 19.0 Å². The van der Waals surface area contributed by atoms with Crippen LogP contribution >= 0.6 is 0 Å². The van der Waals surface area contributed by atoms with Gasteiger partial charge in [-0.1, -0.05) is 0 Å². The van der Waals surface area contributed by atoms with E-state index in [0.29, 0.717) is 26.2 Å². The maximum Gasteiger partial charge on any atom is 0.305 e. The quantitative estimate of drug-likeness (QED) is 0.329. The highest BCUT2D eigenvalue weighted by atomic mass is 16.7. The van der Waals surface area contributed by atoms with Crippen molar-refractivity contribution in [2.45, 2.75) is 46.3 Å². The molecule has 0 aromatic rings. The molecule has 0 aromatic heterocycles. The van der Waals surface area contributed by atoms with Crippen molar-refractivity contribution in [1.82, 2.24) is 5.32 Å². The van der Waals surface area contributed by atoms with Gasteiger partial charge in [-0.05, 0) is 40.3 Å². The van der Waals surface area contributed by atoms with Gasteiger partial charge in [0.05, 0.1) is 6.61 Å². The van der Waals surface area contributed by atoms with Gasteiger partial charge in [0.15, 0.2) is 6.29 Å². The van der Waals surface area contributed by atoms with Gasteiger partial charge in [-0.3, -0.25) is 4.79 Å². The maximum absolute atomic E-state index is 11.1. The first-order chi connectivity index (χ1) is 8.74. The number of carbonyl (C=O) groups excluding carboxylic acids is 1. The molecule has 0 rings (SSSR count). The van der Waals surface area contributed by atoms with E-state index in [4.69, 9.17) is 14.2 Å². The highest BCUT2D eigenvalue weighted by molar-refractivity contribution is 5.69. The molecule has 0 aromatic carbocycles.